The summed E-state index contributed by atoms with van der Waals surface area (Å²) in [5.41, 5.74) is 6.15. The molecule has 17 heavy (non-hydrogen) atoms. The summed E-state index contributed by atoms with van der Waals surface area (Å²) in [7, 11) is 0. The third-order valence-corrected chi connectivity index (χ3v) is 2.15. The van der Waals surface area contributed by atoms with Crippen LogP contribution < -0.4 is 10.9 Å². The first-order valence-corrected chi connectivity index (χ1v) is 5.18. The summed E-state index contributed by atoms with van der Waals surface area (Å²) in [5.74, 6) is -0.602. The van der Waals surface area contributed by atoms with E-state index in [1.54, 1.807) is 12.1 Å². The summed E-state index contributed by atoms with van der Waals surface area (Å²) in [5, 5.41) is 26.9. The van der Waals surface area contributed by atoms with Crippen LogP contribution in [0.4, 0.5) is 5.69 Å². The third kappa shape index (κ3) is 4.49. The highest BCUT2D eigenvalue weighted by Gasteiger charge is 2.22. The molecule has 0 saturated carbocycles. The molecule has 0 aliphatic carbocycles. The normalized spacial score (nSPS) is 14.1. The molecule has 0 saturated heterocycles. The van der Waals surface area contributed by atoms with Gasteiger partial charge in [-0.3, -0.25) is 4.79 Å². The Morgan fingerprint density at radius 2 is 1.88 bits per heavy atom. The lowest BCUT2D eigenvalue weighted by Crippen LogP contribution is -2.42. The van der Waals surface area contributed by atoms with E-state index in [9.17, 15) is 9.90 Å². The number of hydrazine groups is 1. The quantitative estimate of drug-likeness (QED) is 0.387. The van der Waals surface area contributed by atoms with Crippen LogP contribution in [0.15, 0.2) is 30.3 Å². The summed E-state index contributed by atoms with van der Waals surface area (Å²) in [4.78, 5) is 11.3. The summed E-state index contributed by atoms with van der Waals surface area (Å²) in [6.07, 6.45) is -3.02. The maximum atomic E-state index is 11.3. The molecule has 94 valence electrons. The van der Waals surface area contributed by atoms with E-state index in [0.29, 0.717) is 0 Å². The maximum Gasteiger partial charge on any atom is 0.179 e. The Bertz CT molecular complexity index is 345. The molecular formula is C11H16N2O4. The van der Waals surface area contributed by atoms with Crippen LogP contribution >= 0.6 is 0 Å². The van der Waals surface area contributed by atoms with E-state index < -0.39 is 24.6 Å². The minimum atomic E-state index is -1.58. The Kier molecular flexibility index (Phi) is 5.58. The van der Waals surface area contributed by atoms with Crippen LogP contribution in [0, 0.1) is 0 Å². The fourth-order valence-corrected chi connectivity index (χ4v) is 1.17. The van der Waals surface area contributed by atoms with Crippen LogP contribution in [0.25, 0.3) is 0 Å². The van der Waals surface area contributed by atoms with Crippen LogP contribution in [0.3, 0.4) is 0 Å². The van der Waals surface area contributed by atoms with Gasteiger partial charge in [-0.2, -0.15) is 0 Å². The number of rotatable bonds is 7. The molecule has 0 spiro atoms. The minimum absolute atomic E-state index is 0.160. The predicted molar refractivity (Wildman–Crippen MR) is 62.2 cm³/mol. The highest BCUT2D eigenvalue weighted by molar-refractivity contribution is 5.85. The number of carbonyl (C=O) groups is 1. The van der Waals surface area contributed by atoms with Crippen molar-refractivity contribution < 1.29 is 20.1 Å². The van der Waals surface area contributed by atoms with Crippen molar-refractivity contribution in [2.45, 2.75) is 12.2 Å². The van der Waals surface area contributed by atoms with Gasteiger partial charge in [-0.15, -0.1) is 0 Å². The lowest BCUT2D eigenvalue weighted by atomic mass is 10.1. The van der Waals surface area contributed by atoms with E-state index in [2.05, 4.69) is 10.9 Å². The van der Waals surface area contributed by atoms with Crippen molar-refractivity contribution in [3.63, 3.8) is 0 Å². The number of aliphatic hydroxyl groups excluding tert-OH is 3. The molecule has 0 aliphatic rings. The molecule has 5 N–H and O–H groups in total. The van der Waals surface area contributed by atoms with E-state index in [1.807, 2.05) is 18.2 Å². The van der Waals surface area contributed by atoms with Gasteiger partial charge in [0.2, 0.25) is 0 Å². The van der Waals surface area contributed by atoms with Crippen molar-refractivity contribution in [2.75, 3.05) is 18.6 Å². The van der Waals surface area contributed by atoms with Gasteiger partial charge in [0.15, 0.2) is 5.78 Å². The number of para-hydroxylation sites is 1. The van der Waals surface area contributed by atoms with Crippen molar-refractivity contribution in [1.29, 1.82) is 0 Å². The number of benzene rings is 1. The predicted octanol–water partition coefficient (Wildman–Crippen LogP) is -1.11. The van der Waals surface area contributed by atoms with Crippen molar-refractivity contribution >= 4 is 11.5 Å². The van der Waals surface area contributed by atoms with E-state index in [0.717, 1.165) is 5.69 Å². The number of hydrogen-bond donors (Lipinski definition) is 5. The zero-order valence-corrected chi connectivity index (χ0v) is 9.21. The molecule has 0 unspecified atom stereocenters. The van der Waals surface area contributed by atoms with Crippen molar-refractivity contribution in [2.24, 2.45) is 0 Å². The van der Waals surface area contributed by atoms with Gasteiger partial charge in [-0.1, -0.05) is 18.2 Å². The molecule has 0 aromatic heterocycles. The van der Waals surface area contributed by atoms with Gasteiger partial charge in [-0.05, 0) is 12.1 Å². The zero-order chi connectivity index (χ0) is 12.7. The number of Topliss-reactive ketones (excluding diaryl/α,β-unsaturated/α-hetero) is 1. The van der Waals surface area contributed by atoms with Gasteiger partial charge >= 0.3 is 0 Å². The minimum Gasteiger partial charge on any atom is -0.394 e. The van der Waals surface area contributed by atoms with E-state index >= 15 is 0 Å². The lowest BCUT2D eigenvalue weighted by molar-refractivity contribution is -0.133. The number of anilines is 1. The van der Waals surface area contributed by atoms with Crippen molar-refractivity contribution in [3.05, 3.63) is 30.3 Å². The first-order chi connectivity index (χ1) is 8.15. The van der Waals surface area contributed by atoms with Gasteiger partial charge in [0.25, 0.3) is 0 Å². The SMILES string of the molecule is O=C(CNNc1ccccc1)[C@H](O)[C@H](O)CO. The zero-order valence-electron chi connectivity index (χ0n) is 9.21. The fourth-order valence-electron chi connectivity index (χ4n) is 1.17. The third-order valence-electron chi connectivity index (χ3n) is 2.15. The molecule has 6 nitrogen and oxygen atoms in total. The number of carbonyl (C=O) groups excluding carboxylic acids is 1. The highest BCUT2D eigenvalue weighted by atomic mass is 16.4. The summed E-state index contributed by atoms with van der Waals surface area (Å²) in [6.45, 7) is -0.813. The van der Waals surface area contributed by atoms with Crippen LogP contribution in [-0.4, -0.2) is 46.5 Å². The highest BCUT2D eigenvalue weighted by Crippen LogP contribution is 2.02. The van der Waals surface area contributed by atoms with Crippen LogP contribution in [0.2, 0.25) is 0 Å². The van der Waals surface area contributed by atoms with Crippen LogP contribution in [0.5, 0.6) is 0 Å². The van der Waals surface area contributed by atoms with Gasteiger partial charge in [0.1, 0.15) is 12.2 Å². The van der Waals surface area contributed by atoms with E-state index in [1.165, 1.54) is 0 Å². The monoisotopic (exact) mass is 240 g/mol. The molecular weight excluding hydrogens is 224 g/mol. The maximum absolute atomic E-state index is 11.3. The van der Waals surface area contributed by atoms with E-state index in [-0.39, 0.29) is 6.54 Å². The number of nitrogens with one attached hydrogen (secondary N) is 2. The molecule has 1 aromatic carbocycles. The summed E-state index contributed by atoms with van der Waals surface area (Å²) >= 11 is 0. The van der Waals surface area contributed by atoms with Gasteiger partial charge in [0, 0.05) is 5.69 Å². The Labute approximate surface area is 98.9 Å². The smallest absolute Gasteiger partial charge is 0.179 e. The molecule has 0 radical (unpaired) electrons. The Morgan fingerprint density at radius 3 is 2.47 bits per heavy atom. The molecule has 2 atom stereocenters. The second-order valence-electron chi connectivity index (χ2n) is 3.51. The Balaban J connectivity index is 2.29. The molecule has 0 bridgehead atoms. The lowest BCUT2D eigenvalue weighted by Gasteiger charge is -2.15. The molecule has 0 heterocycles. The first-order valence-electron chi connectivity index (χ1n) is 5.18. The van der Waals surface area contributed by atoms with Gasteiger partial charge < -0.3 is 20.7 Å². The Morgan fingerprint density at radius 1 is 1.24 bits per heavy atom. The van der Waals surface area contributed by atoms with Gasteiger partial charge in [-0.25, -0.2) is 5.43 Å². The molecule has 1 rings (SSSR count). The summed E-state index contributed by atoms with van der Waals surface area (Å²) in [6, 6.07) is 9.12. The second-order valence-corrected chi connectivity index (χ2v) is 3.51. The largest absolute Gasteiger partial charge is 0.394 e. The second kappa shape index (κ2) is 6.97. The Hall–Kier alpha value is -1.47. The number of aliphatic hydroxyl groups is 3. The van der Waals surface area contributed by atoms with Gasteiger partial charge in [0.05, 0.1) is 13.2 Å². The molecule has 0 aliphatic heterocycles. The average molecular weight is 240 g/mol. The van der Waals surface area contributed by atoms with Crippen LogP contribution in [-0.2, 0) is 4.79 Å². The van der Waals surface area contributed by atoms with Crippen LogP contribution in [0.1, 0.15) is 0 Å². The summed E-state index contributed by atoms with van der Waals surface area (Å²) < 4.78 is 0. The fraction of sp³-hybridized carbons (Fsp3) is 0.364. The number of hydrogen-bond acceptors (Lipinski definition) is 6. The van der Waals surface area contributed by atoms with Crippen molar-refractivity contribution in [1.82, 2.24) is 5.43 Å². The molecule has 6 heteroatoms. The average Bonchev–Trinajstić information content (AvgIpc) is 2.38. The topological polar surface area (TPSA) is 102 Å². The first kappa shape index (κ1) is 13.6. The van der Waals surface area contributed by atoms with E-state index in [4.69, 9.17) is 10.2 Å². The molecule has 0 amide bonds. The number of ketones is 1. The molecule has 0 fully saturated rings. The standard InChI is InChI=1S/C11H16N2O4/c14-7-10(16)11(17)9(15)6-12-13-8-4-2-1-3-5-8/h1-5,10-14,16-17H,6-7H2/t10-,11+/m1/s1. The van der Waals surface area contributed by atoms with Crippen molar-refractivity contribution in [3.8, 4) is 0 Å². The molecule has 1 aromatic rings.